The van der Waals surface area contributed by atoms with Crippen molar-refractivity contribution in [2.45, 2.75) is 25.3 Å². The summed E-state index contributed by atoms with van der Waals surface area (Å²) in [5, 5.41) is 0. The Bertz CT molecular complexity index is 694. The summed E-state index contributed by atoms with van der Waals surface area (Å²) in [7, 11) is -3.49. The maximum Gasteiger partial charge on any atom is 0.241 e. The van der Waals surface area contributed by atoms with Crippen LogP contribution in [0, 0.1) is 6.92 Å². The third-order valence-electron chi connectivity index (χ3n) is 3.08. The van der Waals surface area contributed by atoms with Crippen molar-refractivity contribution in [3.8, 4) is 5.75 Å². The molecule has 0 radical (unpaired) electrons. The second-order valence-corrected chi connectivity index (χ2v) is 6.40. The molecule has 0 fully saturated rings. The maximum atomic E-state index is 12.3. The molecule has 2 rings (SSSR count). The van der Waals surface area contributed by atoms with Gasteiger partial charge in [-0.25, -0.2) is 13.1 Å². The molecule has 0 amide bonds. The van der Waals surface area contributed by atoms with E-state index >= 15 is 0 Å². The number of hydrogen-bond donors (Lipinski definition) is 1. The van der Waals surface area contributed by atoms with Crippen LogP contribution in [0.5, 0.6) is 5.75 Å². The van der Waals surface area contributed by atoms with E-state index < -0.39 is 10.0 Å². The molecule has 2 aromatic carbocycles. The molecule has 112 valence electrons. The predicted octanol–water partition coefficient (Wildman–Crippen LogP) is 2.87. The van der Waals surface area contributed by atoms with Crippen LogP contribution in [0.15, 0.2) is 53.4 Å². The first kappa shape index (κ1) is 15.5. The average Bonchev–Trinajstić information content (AvgIpc) is 2.47. The molecule has 0 aliphatic heterocycles. The fraction of sp³-hybridized carbons (Fsp3) is 0.250. The van der Waals surface area contributed by atoms with Gasteiger partial charge in [0, 0.05) is 6.54 Å². The summed E-state index contributed by atoms with van der Waals surface area (Å²) in [4.78, 5) is 0.316. The summed E-state index contributed by atoms with van der Waals surface area (Å²) in [6.45, 7) is 4.57. The van der Waals surface area contributed by atoms with Crippen molar-refractivity contribution in [3.63, 3.8) is 0 Å². The summed E-state index contributed by atoms with van der Waals surface area (Å²) < 4.78 is 32.5. The zero-order valence-corrected chi connectivity index (χ0v) is 13.0. The Balaban J connectivity index is 2.07. The topological polar surface area (TPSA) is 55.4 Å². The molecule has 4 nitrogen and oxygen atoms in total. The molecular weight excluding hydrogens is 286 g/mol. The van der Waals surface area contributed by atoms with Crippen molar-refractivity contribution in [1.82, 2.24) is 4.72 Å². The number of hydrogen-bond acceptors (Lipinski definition) is 3. The fourth-order valence-corrected chi connectivity index (χ4v) is 3.25. The van der Waals surface area contributed by atoms with Gasteiger partial charge in [0.05, 0.1) is 11.5 Å². The minimum absolute atomic E-state index is 0.253. The molecule has 0 saturated heterocycles. The van der Waals surface area contributed by atoms with Crippen LogP contribution in [0.2, 0.25) is 0 Å². The van der Waals surface area contributed by atoms with Crippen LogP contribution in [0.1, 0.15) is 18.1 Å². The molecule has 2 aromatic rings. The molecule has 0 heterocycles. The van der Waals surface area contributed by atoms with E-state index in [4.69, 9.17) is 4.74 Å². The number of ether oxygens (including phenoxy) is 1. The number of sulfonamides is 1. The van der Waals surface area contributed by atoms with Crippen molar-refractivity contribution >= 4 is 10.0 Å². The van der Waals surface area contributed by atoms with E-state index in [1.807, 2.05) is 37.3 Å². The molecule has 0 aliphatic rings. The van der Waals surface area contributed by atoms with Gasteiger partial charge in [0.2, 0.25) is 10.0 Å². The smallest absolute Gasteiger partial charge is 0.241 e. The van der Waals surface area contributed by atoms with Crippen LogP contribution < -0.4 is 9.46 Å². The van der Waals surface area contributed by atoms with Gasteiger partial charge in [-0.15, -0.1) is 0 Å². The highest BCUT2D eigenvalue weighted by molar-refractivity contribution is 7.89. The highest BCUT2D eigenvalue weighted by Crippen LogP contribution is 2.15. The zero-order valence-electron chi connectivity index (χ0n) is 12.2. The Kier molecular flexibility index (Phi) is 4.98. The van der Waals surface area contributed by atoms with Crippen LogP contribution in [0.25, 0.3) is 0 Å². The number of benzene rings is 2. The molecule has 0 bridgehead atoms. The first-order chi connectivity index (χ1) is 10.0. The van der Waals surface area contributed by atoms with Gasteiger partial charge in [-0.1, -0.05) is 30.3 Å². The zero-order chi connectivity index (χ0) is 15.3. The monoisotopic (exact) mass is 305 g/mol. The highest BCUT2D eigenvalue weighted by atomic mass is 32.2. The maximum absolute atomic E-state index is 12.3. The lowest BCUT2D eigenvalue weighted by Crippen LogP contribution is -2.23. The van der Waals surface area contributed by atoms with Crippen LogP contribution in [-0.2, 0) is 16.6 Å². The predicted molar refractivity (Wildman–Crippen MR) is 82.8 cm³/mol. The van der Waals surface area contributed by atoms with Gasteiger partial charge in [-0.2, -0.15) is 0 Å². The number of aryl methyl sites for hydroxylation is 1. The normalized spacial score (nSPS) is 11.3. The first-order valence-electron chi connectivity index (χ1n) is 6.80. The van der Waals surface area contributed by atoms with Gasteiger partial charge in [-0.05, 0) is 43.2 Å². The molecule has 5 heteroatoms. The molecule has 0 saturated carbocycles. The second kappa shape index (κ2) is 6.74. The molecular formula is C16H19NO3S. The third kappa shape index (κ3) is 4.06. The van der Waals surface area contributed by atoms with E-state index in [0.717, 1.165) is 16.9 Å². The molecule has 0 atom stereocenters. The van der Waals surface area contributed by atoms with Crippen molar-refractivity contribution in [2.75, 3.05) is 6.61 Å². The van der Waals surface area contributed by atoms with Crippen LogP contribution >= 0.6 is 0 Å². The average molecular weight is 305 g/mol. The SMILES string of the molecule is CCOc1ccc(CNS(=O)(=O)c2ccccc2C)cc1. The number of rotatable bonds is 6. The Labute approximate surface area is 125 Å². The molecule has 21 heavy (non-hydrogen) atoms. The van der Waals surface area contributed by atoms with Crippen molar-refractivity contribution in [2.24, 2.45) is 0 Å². The summed E-state index contributed by atoms with van der Waals surface area (Å²) >= 11 is 0. The minimum atomic E-state index is -3.49. The summed E-state index contributed by atoms with van der Waals surface area (Å²) in [5.74, 6) is 0.781. The van der Waals surface area contributed by atoms with Crippen molar-refractivity contribution in [1.29, 1.82) is 0 Å². The molecule has 0 aromatic heterocycles. The Morgan fingerprint density at radius 1 is 1.05 bits per heavy atom. The van der Waals surface area contributed by atoms with E-state index in [0.29, 0.717) is 11.5 Å². The summed E-state index contributed by atoms with van der Waals surface area (Å²) in [6.07, 6.45) is 0. The molecule has 1 N–H and O–H groups in total. The Morgan fingerprint density at radius 2 is 1.71 bits per heavy atom. The lowest BCUT2D eigenvalue weighted by Gasteiger charge is -2.09. The van der Waals surface area contributed by atoms with E-state index in [-0.39, 0.29) is 6.54 Å². The fourth-order valence-electron chi connectivity index (χ4n) is 1.98. The highest BCUT2D eigenvalue weighted by Gasteiger charge is 2.15. The van der Waals surface area contributed by atoms with E-state index in [9.17, 15) is 8.42 Å². The summed E-state index contributed by atoms with van der Waals surface area (Å²) in [5.41, 5.74) is 1.62. The summed E-state index contributed by atoms with van der Waals surface area (Å²) in [6, 6.07) is 14.3. The molecule has 0 spiro atoms. The molecule has 0 aliphatic carbocycles. The van der Waals surface area contributed by atoms with Crippen LogP contribution in [0.4, 0.5) is 0 Å². The lowest BCUT2D eigenvalue weighted by molar-refractivity contribution is 0.340. The van der Waals surface area contributed by atoms with E-state index in [1.165, 1.54) is 0 Å². The van der Waals surface area contributed by atoms with Gasteiger partial charge in [0.25, 0.3) is 0 Å². The quantitative estimate of drug-likeness (QED) is 0.893. The first-order valence-corrected chi connectivity index (χ1v) is 8.28. The Morgan fingerprint density at radius 3 is 2.33 bits per heavy atom. The second-order valence-electron chi connectivity index (χ2n) is 4.67. The van der Waals surface area contributed by atoms with Gasteiger partial charge >= 0.3 is 0 Å². The third-order valence-corrected chi connectivity index (χ3v) is 4.65. The Hall–Kier alpha value is -1.85. The lowest BCUT2D eigenvalue weighted by atomic mass is 10.2. The minimum Gasteiger partial charge on any atom is -0.494 e. The van der Waals surface area contributed by atoms with E-state index in [1.54, 1.807) is 25.1 Å². The largest absolute Gasteiger partial charge is 0.494 e. The van der Waals surface area contributed by atoms with E-state index in [2.05, 4.69) is 4.72 Å². The van der Waals surface area contributed by atoms with Crippen LogP contribution in [0.3, 0.4) is 0 Å². The van der Waals surface area contributed by atoms with Gasteiger partial charge < -0.3 is 4.74 Å². The van der Waals surface area contributed by atoms with Crippen molar-refractivity contribution in [3.05, 3.63) is 59.7 Å². The number of nitrogens with one attached hydrogen (secondary N) is 1. The van der Waals surface area contributed by atoms with Crippen molar-refractivity contribution < 1.29 is 13.2 Å². The van der Waals surface area contributed by atoms with Crippen LogP contribution in [-0.4, -0.2) is 15.0 Å². The van der Waals surface area contributed by atoms with Gasteiger partial charge in [-0.3, -0.25) is 0 Å². The molecule has 0 unspecified atom stereocenters. The van der Waals surface area contributed by atoms with Gasteiger partial charge in [0.1, 0.15) is 5.75 Å². The van der Waals surface area contributed by atoms with Gasteiger partial charge in [0.15, 0.2) is 0 Å². The standard InChI is InChI=1S/C16H19NO3S/c1-3-20-15-10-8-14(9-11-15)12-17-21(18,19)16-7-5-4-6-13(16)2/h4-11,17H,3,12H2,1-2H3.